The molecule has 10 heteroatoms. The first-order valence-corrected chi connectivity index (χ1v) is 13.0. The van der Waals surface area contributed by atoms with Gasteiger partial charge in [-0.05, 0) is 28.8 Å². The van der Waals surface area contributed by atoms with Crippen LogP contribution in [0.4, 0.5) is 5.69 Å². The molecule has 1 unspecified atom stereocenters. The van der Waals surface area contributed by atoms with Crippen molar-refractivity contribution < 1.29 is 14.5 Å². The molecule has 2 amide bonds. The van der Waals surface area contributed by atoms with Crippen LogP contribution in [-0.2, 0) is 28.3 Å². The molecule has 7 nitrogen and oxygen atoms in total. The maximum atomic E-state index is 13.5. The van der Waals surface area contributed by atoms with Crippen molar-refractivity contribution in [2.75, 3.05) is 12.8 Å². The molecule has 36 heavy (non-hydrogen) atoms. The van der Waals surface area contributed by atoms with Gasteiger partial charge < -0.3 is 10.2 Å². The number of thioether (sulfide) groups is 1. The van der Waals surface area contributed by atoms with Gasteiger partial charge in [0.05, 0.1) is 10.7 Å². The summed E-state index contributed by atoms with van der Waals surface area (Å²) in [6, 6.07) is 20.0. The lowest BCUT2D eigenvalue weighted by Crippen LogP contribution is -2.50. The quantitative estimate of drug-likeness (QED) is 0.253. The largest absolute Gasteiger partial charge is 0.357 e. The molecule has 0 bridgehead atoms. The Morgan fingerprint density at radius 1 is 1.03 bits per heavy atom. The Morgan fingerprint density at radius 2 is 1.72 bits per heavy atom. The number of amides is 2. The summed E-state index contributed by atoms with van der Waals surface area (Å²) < 4.78 is 0. The first-order valence-electron chi connectivity index (χ1n) is 11.1. The molecule has 3 aromatic rings. The number of carbonyl (C=O) groups excluding carboxylic acids is 2. The number of nitrogens with zero attached hydrogens (tertiary/aromatic N) is 2. The van der Waals surface area contributed by atoms with E-state index in [-0.39, 0.29) is 29.8 Å². The van der Waals surface area contributed by atoms with E-state index in [4.69, 9.17) is 23.2 Å². The van der Waals surface area contributed by atoms with Crippen LogP contribution < -0.4 is 5.32 Å². The average Bonchev–Trinajstić information content (AvgIpc) is 2.87. The predicted octanol–water partition coefficient (Wildman–Crippen LogP) is 5.52. The van der Waals surface area contributed by atoms with Gasteiger partial charge >= 0.3 is 0 Å². The molecular weight excluding hydrogens is 521 g/mol. The molecule has 0 aliphatic rings. The van der Waals surface area contributed by atoms with Crippen molar-refractivity contribution in [3.8, 4) is 0 Å². The summed E-state index contributed by atoms with van der Waals surface area (Å²) in [4.78, 5) is 38.4. The normalized spacial score (nSPS) is 11.5. The minimum Gasteiger partial charge on any atom is -0.357 e. The first-order chi connectivity index (χ1) is 17.3. The Balaban J connectivity index is 1.81. The fourth-order valence-electron chi connectivity index (χ4n) is 3.61. The second-order valence-electron chi connectivity index (χ2n) is 7.99. The lowest BCUT2D eigenvalue weighted by atomic mass is 10.0. The Bertz CT molecular complexity index is 1210. The van der Waals surface area contributed by atoms with E-state index in [2.05, 4.69) is 5.32 Å². The lowest BCUT2D eigenvalue weighted by Gasteiger charge is -2.31. The van der Waals surface area contributed by atoms with Crippen molar-refractivity contribution in [2.45, 2.75) is 24.8 Å². The number of non-ortho nitro benzene ring substituents is 1. The first kappa shape index (κ1) is 27.5. The number of halogens is 2. The molecule has 3 aromatic carbocycles. The van der Waals surface area contributed by atoms with Crippen molar-refractivity contribution in [1.82, 2.24) is 10.2 Å². The Morgan fingerprint density at radius 3 is 2.33 bits per heavy atom. The van der Waals surface area contributed by atoms with Gasteiger partial charge in [0, 0.05) is 47.9 Å². The van der Waals surface area contributed by atoms with Crippen LogP contribution in [0.15, 0.2) is 72.8 Å². The molecule has 0 aliphatic carbocycles. The molecule has 0 fully saturated rings. The minimum absolute atomic E-state index is 0.0141. The fraction of sp³-hybridized carbons (Fsp3) is 0.231. The molecule has 0 radical (unpaired) electrons. The van der Waals surface area contributed by atoms with Gasteiger partial charge in [0.15, 0.2) is 0 Å². The molecule has 3 rings (SSSR count). The maximum absolute atomic E-state index is 13.5. The highest BCUT2D eigenvalue weighted by atomic mass is 35.5. The van der Waals surface area contributed by atoms with Crippen LogP contribution in [0, 0.1) is 10.1 Å². The third kappa shape index (κ3) is 7.71. The summed E-state index contributed by atoms with van der Waals surface area (Å²) in [6.07, 6.45) is 0.338. The smallest absolute Gasteiger partial charge is 0.269 e. The van der Waals surface area contributed by atoms with Gasteiger partial charge in [0.2, 0.25) is 11.8 Å². The zero-order valence-corrected chi connectivity index (χ0v) is 21.9. The van der Waals surface area contributed by atoms with E-state index in [0.29, 0.717) is 27.8 Å². The molecule has 0 heterocycles. The number of nitro benzene ring substituents is 1. The Labute approximate surface area is 223 Å². The summed E-state index contributed by atoms with van der Waals surface area (Å²) in [5.41, 5.74) is 2.47. The van der Waals surface area contributed by atoms with Crippen LogP contribution in [0.25, 0.3) is 0 Å². The van der Waals surface area contributed by atoms with Crippen molar-refractivity contribution >= 4 is 52.5 Å². The van der Waals surface area contributed by atoms with E-state index >= 15 is 0 Å². The van der Waals surface area contributed by atoms with Crippen molar-refractivity contribution in [3.05, 3.63) is 110 Å². The van der Waals surface area contributed by atoms with Gasteiger partial charge in [-0.15, -0.1) is 11.8 Å². The second-order valence-corrected chi connectivity index (χ2v) is 9.82. The maximum Gasteiger partial charge on any atom is 0.269 e. The summed E-state index contributed by atoms with van der Waals surface area (Å²) in [6.45, 7) is 0.137. The topological polar surface area (TPSA) is 92.6 Å². The van der Waals surface area contributed by atoms with E-state index in [1.165, 1.54) is 23.9 Å². The van der Waals surface area contributed by atoms with Crippen molar-refractivity contribution in [2.24, 2.45) is 0 Å². The number of carbonyl (C=O) groups is 2. The van der Waals surface area contributed by atoms with Crippen molar-refractivity contribution in [3.63, 3.8) is 0 Å². The van der Waals surface area contributed by atoms with Crippen LogP contribution in [0.1, 0.15) is 16.7 Å². The zero-order chi connectivity index (χ0) is 26.1. The van der Waals surface area contributed by atoms with E-state index in [0.717, 1.165) is 11.1 Å². The molecule has 0 spiro atoms. The van der Waals surface area contributed by atoms with E-state index in [1.54, 1.807) is 42.3 Å². The van der Waals surface area contributed by atoms with Crippen LogP contribution in [0.5, 0.6) is 0 Å². The van der Waals surface area contributed by atoms with Gasteiger partial charge in [0.25, 0.3) is 5.69 Å². The summed E-state index contributed by atoms with van der Waals surface area (Å²) >= 11 is 13.8. The second kappa shape index (κ2) is 13.3. The summed E-state index contributed by atoms with van der Waals surface area (Å²) in [5.74, 6) is 0.0997. The van der Waals surface area contributed by atoms with Crippen LogP contribution in [0.2, 0.25) is 10.0 Å². The number of rotatable bonds is 11. The Kier molecular flexibility index (Phi) is 10.2. The number of nitrogens with one attached hydrogen (secondary N) is 1. The summed E-state index contributed by atoms with van der Waals surface area (Å²) in [5, 5.41) is 14.4. The summed E-state index contributed by atoms with van der Waals surface area (Å²) in [7, 11) is 1.54. The highest BCUT2D eigenvalue weighted by Crippen LogP contribution is 2.25. The van der Waals surface area contributed by atoms with Crippen LogP contribution >= 0.6 is 35.0 Å². The minimum atomic E-state index is -0.753. The highest BCUT2D eigenvalue weighted by Gasteiger charge is 2.30. The molecule has 0 aliphatic heterocycles. The van der Waals surface area contributed by atoms with Gasteiger partial charge in [-0.3, -0.25) is 19.7 Å². The van der Waals surface area contributed by atoms with E-state index in [9.17, 15) is 19.7 Å². The number of hydrogen-bond donors (Lipinski definition) is 1. The van der Waals surface area contributed by atoms with Crippen LogP contribution in [-0.4, -0.2) is 40.5 Å². The van der Waals surface area contributed by atoms with Gasteiger partial charge in [-0.2, -0.15) is 0 Å². The van der Waals surface area contributed by atoms with E-state index < -0.39 is 11.0 Å². The predicted molar refractivity (Wildman–Crippen MR) is 144 cm³/mol. The molecule has 0 saturated heterocycles. The SMILES string of the molecule is CNC(=O)C(Cc1ccccc1)N(Cc1ccc(Cl)cc1Cl)C(=O)CSCc1ccc([N+](=O)[O-])cc1. The molecule has 0 saturated carbocycles. The van der Waals surface area contributed by atoms with Crippen LogP contribution in [0.3, 0.4) is 0 Å². The van der Waals surface area contributed by atoms with Gasteiger partial charge in [-0.25, -0.2) is 0 Å². The molecule has 188 valence electrons. The Hall–Kier alpha value is -3.07. The number of benzene rings is 3. The average molecular weight is 546 g/mol. The molecule has 1 N–H and O–H groups in total. The number of hydrogen-bond acceptors (Lipinski definition) is 5. The zero-order valence-electron chi connectivity index (χ0n) is 19.5. The molecular formula is C26H25Cl2N3O4S. The monoisotopic (exact) mass is 545 g/mol. The van der Waals surface area contributed by atoms with Gasteiger partial charge in [-0.1, -0.05) is 71.7 Å². The number of nitro groups is 1. The third-order valence-electron chi connectivity index (χ3n) is 5.51. The highest BCUT2D eigenvalue weighted by molar-refractivity contribution is 7.99. The molecule has 1 atom stereocenters. The van der Waals surface area contributed by atoms with Gasteiger partial charge in [0.1, 0.15) is 6.04 Å². The number of likely N-dealkylation sites (N-methyl/N-ethyl adjacent to an activating group) is 1. The lowest BCUT2D eigenvalue weighted by molar-refractivity contribution is -0.384. The standard InChI is InChI=1S/C26H25Cl2N3O4S/c1-29-26(33)24(13-18-5-3-2-4-6-18)30(15-20-9-10-21(27)14-23(20)28)25(32)17-36-16-19-7-11-22(12-8-19)31(34)35/h2-12,14,24H,13,15-17H2,1H3,(H,29,33). The fourth-order valence-corrected chi connectivity index (χ4v) is 4.95. The van der Waals surface area contributed by atoms with E-state index in [1.807, 2.05) is 30.3 Å². The third-order valence-corrected chi connectivity index (χ3v) is 7.09. The molecule has 0 aromatic heterocycles. The van der Waals surface area contributed by atoms with Crippen molar-refractivity contribution in [1.29, 1.82) is 0 Å².